The number of rotatable bonds is 4. The lowest BCUT2D eigenvalue weighted by Gasteiger charge is -2.31. The summed E-state index contributed by atoms with van der Waals surface area (Å²) in [7, 11) is 0. The van der Waals surface area contributed by atoms with E-state index in [4.69, 9.17) is 21.1 Å². The third-order valence-electron chi connectivity index (χ3n) is 5.87. The summed E-state index contributed by atoms with van der Waals surface area (Å²) in [5.74, 6) is 0.713. The maximum atomic E-state index is 12.4. The number of nitrogens with one attached hydrogen (secondary N) is 2. The smallest absolute Gasteiger partial charge is 0.303 e. The van der Waals surface area contributed by atoms with Crippen LogP contribution >= 0.6 is 11.6 Å². The van der Waals surface area contributed by atoms with Gasteiger partial charge in [0.05, 0.1) is 11.3 Å². The first-order valence-corrected chi connectivity index (χ1v) is 10.2. The van der Waals surface area contributed by atoms with Crippen LogP contribution in [0.4, 0.5) is 5.69 Å². The first-order chi connectivity index (χ1) is 14.1. The van der Waals surface area contributed by atoms with E-state index in [0.29, 0.717) is 29.7 Å². The van der Waals surface area contributed by atoms with Gasteiger partial charge < -0.3 is 19.3 Å². The molecule has 0 bridgehead atoms. The highest BCUT2D eigenvalue weighted by atomic mass is 35.5. The molecule has 7 nitrogen and oxygen atoms in total. The summed E-state index contributed by atoms with van der Waals surface area (Å²) in [4.78, 5) is 29.1. The fourth-order valence-electron chi connectivity index (χ4n) is 4.28. The minimum Gasteiger partial charge on any atom is -0.454 e. The average molecular weight is 416 g/mol. The van der Waals surface area contributed by atoms with Crippen LogP contribution in [0, 0.1) is 0 Å². The molecular weight excluding hydrogens is 394 g/mol. The van der Waals surface area contributed by atoms with Gasteiger partial charge in [0.15, 0.2) is 18.2 Å². The summed E-state index contributed by atoms with van der Waals surface area (Å²) in [6.07, 6.45) is 0. The number of ether oxygens (including phenoxy) is 2. The molecule has 29 heavy (non-hydrogen) atoms. The van der Waals surface area contributed by atoms with Crippen LogP contribution in [-0.2, 0) is 11.3 Å². The summed E-state index contributed by atoms with van der Waals surface area (Å²) in [6.45, 7) is 5.64. The Labute approximate surface area is 173 Å². The first-order valence-electron chi connectivity index (χ1n) is 9.80. The number of piperazine rings is 1. The number of quaternary nitrogens is 2. The van der Waals surface area contributed by atoms with Gasteiger partial charge in [-0.3, -0.25) is 14.5 Å². The minimum atomic E-state index is -0.464. The maximum Gasteiger partial charge on any atom is 0.303 e. The fraction of sp³-hybridized carbons (Fsp3) is 0.333. The van der Waals surface area contributed by atoms with E-state index >= 15 is 0 Å². The largest absolute Gasteiger partial charge is 0.454 e. The molecule has 0 aromatic heterocycles. The van der Waals surface area contributed by atoms with Crippen LogP contribution in [-0.4, -0.2) is 51.3 Å². The Hall–Kier alpha value is -2.61. The van der Waals surface area contributed by atoms with E-state index in [0.717, 1.165) is 44.2 Å². The lowest BCUT2D eigenvalue weighted by molar-refractivity contribution is -1.02. The van der Waals surface area contributed by atoms with Gasteiger partial charge in [0.25, 0.3) is 5.78 Å². The predicted octanol–water partition coefficient (Wildman–Crippen LogP) is -0.461. The number of carbonyl (C=O) groups is 2. The molecule has 3 aliphatic rings. The number of halogens is 1. The second-order valence-electron chi connectivity index (χ2n) is 7.75. The third kappa shape index (κ3) is 3.46. The van der Waals surface area contributed by atoms with E-state index in [1.54, 1.807) is 23.1 Å². The Morgan fingerprint density at radius 2 is 1.69 bits per heavy atom. The van der Waals surface area contributed by atoms with E-state index in [1.807, 2.05) is 6.07 Å². The molecule has 0 spiro atoms. The molecule has 0 aliphatic carbocycles. The van der Waals surface area contributed by atoms with Crippen molar-refractivity contribution in [2.75, 3.05) is 44.5 Å². The third-order valence-corrected chi connectivity index (χ3v) is 6.11. The lowest BCUT2D eigenvalue weighted by atomic mass is 10.1. The minimum absolute atomic E-state index is 0.292. The standard InChI is InChI=1S/C21H20ClN3O4/c22-15-2-3-17-16(10-15)20(26)21(27)25(17)12-24-7-5-23(6-8-24)11-14-1-4-18-19(9-14)29-13-28-18/h1-4,9-10H,5-8,11-13H2/p+2. The zero-order valence-electron chi connectivity index (χ0n) is 15.9. The normalized spacial score (nSPS) is 22.9. The number of hydrogen-bond acceptors (Lipinski definition) is 4. The Balaban J connectivity index is 1.20. The van der Waals surface area contributed by atoms with Crippen LogP contribution in [0.2, 0.25) is 5.02 Å². The van der Waals surface area contributed by atoms with Crippen molar-refractivity contribution in [3.8, 4) is 11.5 Å². The lowest BCUT2D eigenvalue weighted by Crippen LogP contribution is -3.28. The van der Waals surface area contributed by atoms with E-state index in [2.05, 4.69) is 12.1 Å². The SMILES string of the molecule is O=C1C(=O)N(C[NH+]2CC[NH+](Cc3ccc4c(c3)OCO4)CC2)c2ccc(Cl)cc21. The number of anilines is 1. The van der Waals surface area contributed by atoms with Gasteiger partial charge in [-0.15, -0.1) is 0 Å². The molecule has 0 unspecified atom stereocenters. The highest BCUT2D eigenvalue weighted by molar-refractivity contribution is 6.52. The zero-order valence-corrected chi connectivity index (χ0v) is 16.6. The molecule has 3 heterocycles. The number of fused-ring (bicyclic) bond motifs is 2. The molecule has 0 saturated carbocycles. The molecule has 5 rings (SSSR count). The quantitative estimate of drug-likeness (QED) is 0.663. The van der Waals surface area contributed by atoms with Gasteiger partial charge in [-0.25, -0.2) is 0 Å². The van der Waals surface area contributed by atoms with E-state index < -0.39 is 11.7 Å². The van der Waals surface area contributed by atoms with Crippen molar-refractivity contribution in [2.24, 2.45) is 0 Å². The van der Waals surface area contributed by atoms with Crippen LogP contribution in [0.15, 0.2) is 36.4 Å². The van der Waals surface area contributed by atoms with Crippen LogP contribution in [0.25, 0.3) is 0 Å². The summed E-state index contributed by atoms with van der Waals surface area (Å²) >= 11 is 5.98. The summed E-state index contributed by atoms with van der Waals surface area (Å²) in [5.41, 5.74) is 2.32. The second-order valence-corrected chi connectivity index (χ2v) is 8.18. The first kappa shape index (κ1) is 18.4. The second kappa shape index (κ2) is 7.33. The number of amides is 1. The summed E-state index contributed by atoms with van der Waals surface area (Å²) in [6, 6.07) is 11.2. The number of ketones is 1. The van der Waals surface area contributed by atoms with Crippen molar-refractivity contribution in [3.05, 3.63) is 52.5 Å². The fourth-order valence-corrected chi connectivity index (χ4v) is 4.46. The van der Waals surface area contributed by atoms with Gasteiger partial charge in [0, 0.05) is 10.6 Å². The number of carbonyl (C=O) groups excluding carboxylic acids is 2. The Morgan fingerprint density at radius 3 is 2.52 bits per heavy atom. The molecule has 1 saturated heterocycles. The monoisotopic (exact) mass is 415 g/mol. The maximum absolute atomic E-state index is 12.4. The molecular formula is C21H22ClN3O4+2. The topological polar surface area (TPSA) is 64.7 Å². The van der Waals surface area contributed by atoms with Crippen LogP contribution in [0.1, 0.15) is 15.9 Å². The van der Waals surface area contributed by atoms with Gasteiger partial charge in [0.2, 0.25) is 6.79 Å². The molecule has 3 aliphatic heterocycles. The predicted molar refractivity (Wildman–Crippen MR) is 106 cm³/mol. The van der Waals surface area contributed by atoms with Crippen molar-refractivity contribution in [1.29, 1.82) is 0 Å². The van der Waals surface area contributed by atoms with Crippen molar-refractivity contribution in [3.63, 3.8) is 0 Å². The van der Waals surface area contributed by atoms with E-state index in [1.165, 1.54) is 15.4 Å². The van der Waals surface area contributed by atoms with Crippen molar-refractivity contribution >= 4 is 29.0 Å². The molecule has 0 radical (unpaired) electrons. The average Bonchev–Trinajstić information content (AvgIpc) is 3.28. The molecule has 150 valence electrons. The molecule has 2 N–H and O–H groups in total. The van der Waals surface area contributed by atoms with Gasteiger partial charge in [-0.05, 0) is 36.4 Å². The van der Waals surface area contributed by atoms with Crippen molar-refractivity contribution in [2.45, 2.75) is 6.54 Å². The number of hydrogen-bond donors (Lipinski definition) is 2. The highest BCUT2D eigenvalue weighted by Crippen LogP contribution is 2.32. The molecule has 1 fully saturated rings. The summed E-state index contributed by atoms with van der Waals surface area (Å²) in [5, 5.41) is 0.472. The van der Waals surface area contributed by atoms with Crippen LogP contribution < -0.4 is 24.2 Å². The number of Topliss-reactive ketones (excluding diaryl/α,β-unsaturated/α-hetero) is 1. The van der Waals surface area contributed by atoms with Crippen molar-refractivity contribution in [1.82, 2.24) is 0 Å². The molecule has 2 aromatic carbocycles. The van der Waals surface area contributed by atoms with Crippen molar-refractivity contribution < 1.29 is 28.9 Å². The Kier molecular flexibility index (Phi) is 4.66. The van der Waals surface area contributed by atoms with E-state index in [-0.39, 0.29) is 0 Å². The van der Waals surface area contributed by atoms with Gasteiger partial charge in [0.1, 0.15) is 32.7 Å². The van der Waals surface area contributed by atoms with E-state index in [9.17, 15) is 9.59 Å². The van der Waals surface area contributed by atoms with Crippen LogP contribution in [0.3, 0.4) is 0 Å². The molecule has 0 atom stereocenters. The van der Waals surface area contributed by atoms with Gasteiger partial charge in [-0.1, -0.05) is 11.6 Å². The Morgan fingerprint density at radius 1 is 0.931 bits per heavy atom. The molecule has 1 amide bonds. The summed E-state index contributed by atoms with van der Waals surface area (Å²) < 4.78 is 10.8. The Bertz CT molecular complexity index is 988. The highest BCUT2D eigenvalue weighted by Gasteiger charge is 2.38. The van der Waals surface area contributed by atoms with Gasteiger partial charge in [-0.2, -0.15) is 0 Å². The molecule has 2 aromatic rings. The zero-order chi connectivity index (χ0) is 20.0. The number of benzene rings is 2. The molecule has 8 heteroatoms. The number of nitrogens with zero attached hydrogens (tertiary/aromatic N) is 1. The van der Waals surface area contributed by atoms with Gasteiger partial charge >= 0.3 is 5.91 Å². The van der Waals surface area contributed by atoms with Crippen LogP contribution in [0.5, 0.6) is 11.5 Å².